The number of aromatic nitrogens is 1. The van der Waals surface area contributed by atoms with Crippen molar-refractivity contribution in [3.8, 4) is 0 Å². The van der Waals surface area contributed by atoms with Crippen LogP contribution in [-0.2, 0) is 4.79 Å². The van der Waals surface area contributed by atoms with Crippen LogP contribution >= 0.6 is 0 Å². The van der Waals surface area contributed by atoms with E-state index in [1.54, 1.807) is 19.1 Å². The van der Waals surface area contributed by atoms with Gasteiger partial charge in [-0.3, -0.25) is 4.79 Å². The molecule has 0 spiro atoms. The Labute approximate surface area is 134 Å². The molecule has 1 saturated heterocycles. The summed E-state index contributed by atoms with van der Waals surface area (Å²) < 4.78 is 0. The quantitative estimate of drug-likeness (QED) is 0.759. The van der Waals surface area contributed by atoms with Crippen molar-refractivity contribution in [2.45, 2.75) is 25.3 Å². The highest BCUT2D eigenvalue weighted by atomic mass is 16.4. The highest BCUT2D eigenvalue weighted by molar-refractivity contribution is 5.92. The number of rotatable bonds is 4. The maximum absolute atomic E-state index is 11.7. The molecule has 8 heteroatoms. The first-order chi connectivity index (χ1) is 10.9. The molecular weight excluding hydrogens is 298 g/mol. The summed E-state index contributed by atoms with van der Waals surface area (Å²) in [5.41, 5.74) is 6.10. The Hall–Kier alpha value is -2.51. The van der Waals surface area contributed by atoms with Crippen LogP contribution in [0.5, 0.6) is 0 Å². The van der Waals surface area contributed by atoms with E-state index in [0.29, 0.717) is 43.5 Å². The van der Waals surface area contributed by atoms with E-state index in [1.807, 2.05) is 4.90 Å². The second-order valence-corrected chi connectivity index (χ2v) is 6.13. The number of pyridine rings is 1. The van der Waals surface area contributed by atoms with Crippen LogP contribution in [0.4, 0.5) is 22.1 Å². The molecule has 4 N–H and O–H groups in total. The maximum atomic E-state index is 11.7. The van der Waals surface area contributed by atoms with Gasteiger partial charge in [-0.05, 0) is 31.9 Å². The summed E-state index contributed by atoms with van der Waals surface area (Å²) in [4.78, 5) is 30.6. The highest BCUT2D eigenvalue weighted by Gasteiger charge is 2.47. The Morgan fingerprint density at radius 3 is 2.43 bits per heavy atom. The fourth-order valence-corrected chi connectivity index (χ4v) is 2.83. The van der Waals surface area contributed by atoms with Gasteiger partial charge in [0.1, 0.15) is 5.82 Å². The second-order valence-electron chi connectivity index (χ2n) is 6.13. The van der Waals surface area contributed by atoms with Gasteiger partial charge in [-0.15, -0.1) is 0 Å². The summed E-state index contributed by atoms with van der Waals surface area (Å²) in [5.74, 6) is 1.38. The Kier molecular flexibility index (Phi) is 3.75. The van der Waals surface area contributed by atoms with Crippen LogP contribution in [0.25, 0.3) is 0 Å². The third kappa shape index (κ3) is 3.01. The van der Waals surface area contributed by atoms with E-state index < -0.39 is 11.6 Å². The van der Waals surface area contributed by atoms with Crippen LogP contribution in [0, 0.1) is 0 Å². The zero-order chi connectivity index (χ0) is 16.6. The molecule has 3 rings (SSSR count). The fraction of sp³-hybridized carbons (Fsp3) is 0.533. The van der Waals surface area contributed by atoms with Crippen LogP contribution in [0.2, 0.25) is 0 Å². The molecule has 1 amide bonds. The van der Waals surface area contributed by atoms with Crippen molar-refractivity contribution in [3.63, 3.8) is 0 Å². The van der Waals surface area contributed by atoms with Gasteiger partial charge < -0.3 is 26.0 Å². The number of hydrogen-bond acceptors (Lipinski definition) is 6. The number of Topliss-reactive ketones (excluding diaryl/α,β-unsaturated/α-hetero) is 1. The first kappa shape index (κ1) is 15.4. The van der Waals surface area contributed by atoms with Crippen molar-refractivity contribution < 1.29 is 14.7 Å². The summed E-state index contributed by atoms with van der Waals surface area (Å²) in [6, 6.07) is 3.54. The molecule has 8 nitrogen and oxygen atoms in total. The maximum Gasteiger partial charge on any atom is 0.407 e. The van der Waals surface area contributed by atoms with Gasteiger partial charge in [0.2, 0.25) is 0 Å². The molecule has 1 aliphatic heterocycles. The summed E-state index contributed by atoms with van der Waals surface area (Å²) in [6.45, 7) is 3.52. The zero-order valence-electron chi connectivity index (χ0n) is 13.1. The molecule has 1 saturated carbocycles. The standard InChI is InChI=1S/C15H21N5O3/c1-10(21)15(4-5-15)18-12-3-2-11(16)13(17-12)19-6-8-20(9-7-19)14(22)23/h2-3H,4-9,16H2,1H3,(H,17,18)(H,22,23). The van der Waals surface area contributed by atoms with Crippen LogP contribution < -0.4 is 16.0 Å². The molecular formula is C15H21N5O3. The molecule has 0 radical (unpaired) electrons. The van der Waals surface area contributed by atoms with Gasteiger partial charge in [0, 0.05) is 26.2 Å². The lowest BCUT2D eigenvalue weighted by molar-refractivity contribution is -0.118. The molecule has 2 aliphatic rings. The number of anilines is 3. The molecule has 0 aromatic carbocycles. The van der Waals surface area contributed by atoms with Gasteiger partial charge in [0.05, 0.1) is 11.2 Å². The molecule has 124 valence electrons. The number of carbonyl (C=O) groups excluding carboxylic acids is 1. The third-order valence-corrected chi connectivity index (χ3v) is 4.55. The smallest absolute Gasteiger partial charge is 0.407 e. The normalized spacial score (nSPS) is 19.3. The number of nitrogens with zero attached hydrogens (tertiary/aromatic N) is 3. The largest absolute Gasteiger partial charge is 0.465 e. The number of piperazine rings is 1. The van der Waals surface area contributed by atoms with Gasteiger partial charge >= 0.3 is 6.09 Å². The van der Waals surface area contributed by atoms with Crippen molar-refractivity contribution in [2.24, 2.45) is 0 Å². The predicted octanol–water partition coefficient (Wildman–Crippen LogP) is 0.997. The van der Waals surface area contributed by atoms with Crippen molar-refractivity contribution in [1.82, 2.24) is 9.88 Å². The number of ketones is 1. The number of amides is 1. The molecule has 0 bridgehead atoms. The summed E-state index contributed by atoms with van der Waals surface area (Å²) in [6.07, 6.45) is 0.736. The van der Waals surface area contributed by atoms with E-state index in [0.717, 1.165) is 12.8 Å². The SMILES string of the molecule is CC(=O)C1(Nc2ccc(N)c(N3CCN(C(=O)O)CC3)n2)CC1. The molecule has 1 aromatic rings. The van der Waals surface area contributed by atoms with Gasteiger partial charge in [-0.2, -0.15) is 0 Å². The van der Waals surface area contributed by atoms with E-state index in [4.69, 9.17) is 10.8 Å². The minimum Gasteiger partial charge on any atom is -0.465 e. The number of nitrogens with two attached hydrogens (primary N) is 1. The van der Waals surface area contributed by atoms with Crippen LogP contribution in [0.1, 0.15) is 19.8 Å². The van der Waals surface area contributed by atoms with Crippen molar-refractivity contribution in [1.29, 1.82) is 0 Å². The lowest BCUT2D eigenvalue weighted by atomic mass is 10.2. The Balaban J connectivity index is 1.74. The van der Waals surface area contributed by atoms with Gasteiger partial charge in [0.25, 0.3) is 0 Å². The average Bonchev–Trinajstić information content (AvgIpc) is 3.30. The lowest BCUT2D eigenvalue weighted by Crippen LogP contribution is -2.48. The zero-order valence-corrected chi connectivity index (χ0v) is 13.1. The number of hydrogen-bond donors (Lipinski definition) is 3. The number of nitrogen functional groups attached to an aromatic ring is 1. The highest BCUT2D eigenvalue weighted by Crippen LogP contribution is 2.40. The first-order valence-corrected chi connectivity index (χ1v) is 7.70. The molecule has 0 atom stereocenters. The Morgan fingerprint density at radius 1 is 1.26 bits per heavy atom. The lowest BCUT2D eigenvalue weighted by Gasteiger charge is -2.34. The summed E-state index contributed by atoms with van der Waals surface area (Å²) in [5, 5.41) is 12.2. The minimum absolute atomic E-state index is 0.118. The van der Waals surface area contributed by atoms with Gasteiger partial charge in [0.15, 0.2) is 11.6 Å². The van der Waals surface area contributed by atoms with Gasteiger partial charge in [-0.25, -0.2) is 9.78 Å². The summed E-state index contributed by atoms with van der Waals surface area (Å²) >= 11 is 0. The number of carbonyl (C=O) groups is 2. The van der Waals surface area contributed by atoms with Crippen molar-refractivity contribution >= 4 is 29.2 Å². The molecule has 0 unspecified atom stereocenters. The van der Waals surface area contributed by atoms with Crippen LogP contribution in [0.15, 0.2) is 12.1 Å². The molecule has 23 heavy (non-hydrogen) atoms. The number of carboxylic acid groups (broad SMARTS) is 1. The molecule has 1 aliphatic carbocycles. The molecule has 1 aromatic heterocycles. The van der Waals surface area contributed by atoms with E-state index in [2.05, 4.69) is 10.3 Å². The van der Waals surface area contributed by atoms with E-state index >= 15 is 0 Å². The second kappa shape index (κ2) is 5.60. The third-order valence-electron chi connectivity index (χ3n) is 4.55. The predicted molar refractivity (Wildman–Crippen MR) is 86.7 cm³/mol. The summed E-state index contributed by atoms with van der Waals surface area (Å²) in [7, 11) is 0. The van der Waals surface area contributed by atoms with Crippen LogP contribution in [0.3, 0.4) is 0 Å². The number of nitrogens with one attached hydrogen (secondary N) is 1. The monoisotopic (exact) mass is 319 g/mol. The Bertz CT molecular complexity index is 636. The van der Waals surface area contributed by atoms with Gasteiger partial charge in [-0.1, -0.05) is 0 Å². The topological polar surface area (TPSA) is 112 Å². The first-order valence-electron chi connectivity index (χ1n) is 7.70. The average molecular weight is 319 g/mol. The fourth-order valence-electron chi connectivity index (χ4n) is 2.83. The van der Waals surface area contributed by atoms with Crippen molar-refractivity contribution in [3.05, 3.63) is 12.1 Å². The molecule has 2 heterocycles. The van der Waals surface area contributed by atoms with E-state index in [9.17, 15) is 9.59 Å². The minimum atomic E-state index is -0.905. The molecule has 2 fully saturated rings. The van der Waals surface area contributed by atoms with E-state index in [1.165, 1.54) is 4.90 Å². The van der Waals surface area contributed by atoms with E-state index in [-0.39, 0.29) is 5.78 Å². The Morgan fingerprint density at radius 2 is 1.91 bits per heavy atom. The van der Waals surface area contributed by atoms with Crippen LogP contribution in [-0.4, -0.2) is 58.6 Å². The van der Waals surface area contributed by atoms with Crippen molar-refractivity contribution in [2.75, 3.05) is 42.1 Å².